The van der Waals surface area contributed by atoms with E-state index in [0.29, 0.717) is 26.0 Å². The lowest BCUT2D eigenvalue weighted by Gasteiger charge is -2.38. The summed E-state index contributed by atoms with van der Waals surface area (Å²) in [5.74, 6) is 0. The van der Waals surface area contributed by atoms with E-state index in [0.717, 1.165) is 71.6 Å². The van der Waals surface area contributed by atoms with E-state index in [4.69, 9.17) is 21.5 Å². The number of hydrogen-bond donors (Lipinski definition) is 2. The van der Waals surface area contributed by atoms with E-state index in [9.17, 15) is 22.8 Å². The Morgan fingerprint density at radius 2 is 1.98 bits per heavy atom. The van der Waals surface area contributed by atoms with Crippen LogP contribution in [0.1, 0.15) is 23.3 Å². The number of thiophene rings is 1. The predicted molar refractivity (Wildman–Crippen MR) is 156 cm³/mol. The zero-order chi connectivity index (χ0) is 30.0. The van der Waals surface area contributed by atoms with Crippen LogP contribution in [0, 0.1) is 0 Å². The monoisotopic (exact) mass is 621 g/mol. The van der Waals surface area contributed by atoms with Crippen molar-refractivity contribution in [2.24, 2.45) is 0 Å². The number of hydrogen-bond acceptors (Lipinski definition) is 7. The van der Waals surface area contributed by atoms with E-state index < -0.39 is 24.0 Å². The number of nitrogens with zero attached hydrogens (tertiary/aromatic N) is 4. The van der Waals surface area contributed by atoms with Crippen molar-refractivity contribution in [3.63, 3.8) is 0 Å². The number of pyridine rings is 1. The normalized spacial score (nSPS) is 16.7. The summed E-state index contributed by atoms with van der Waals surface area (Å²) in [6.45, 7) is 1.01. The van der Waals surface area contributed by atoms with Crippen molar-refractivity contribution in [3.05, 3.63) is 79.0 Å². The van der Waals surface area contributed by atoms with Crippen molar-refractivity contribution >= 4 is 45.3 Å². The number of carboxylic acid groups (broad SMARTS) is 1. The molecule has 4 aromatic rings. The molecule has 2 N–H and O–H groups in total. The van der Waals surface area contributed by atoms with Crippen LogP contribution < -0.4 is 21.5 Å². The quantitative estimate of drug-likeness (QED) is 0.319. The first-order valence-electron chi connectivity index (χ1n) is 13.2. The fourth-order valence-corrected chi connectivity index (χ4v) is 7.03. The first-order chi connectivity index (χ1) is 20.1. The molecule has 222 valence electrons. The average Bonchev–Trinajstić information content (AvgIpc) is 3.62. The molecule has 0 saturated carbocycles. The van der Waals surface area contributed by atoms with Crippen LogP contribution >= 0.6 is 22.9 Å². The molecule has 0 bridgehead atoms. The highest BCUT2D eigenvalue weighted by atomic mass is 35.5. The summed E-state index contributed by atoms with van der Waals surface area (Å²) in [4.78, 5) is 41.2. The van der Waals surface area contributed by atoms with Gasteiger partial charge in [0.25, 0.3) is 12.0 Å². The molecule has 14 heteroatoms. The molecule has 0 unspecified atom stereocenters. The number of carbonyl (C=O) groups is 1. The molecule has 6 rings (SSSR count). The SMILES string of the molecule is O=CO.O=c1ccn(CC(F)(F)F)c(=O)n1Cc1cc2nccc(-c3cc(Cl)cc4c3N([C@@H]3CCNC3)CCC4)c2s1. The second-order valence-corrected chi connectivity index (χ2v) is 11.6. The Morgan fingerprint density at radius 1 is 1.19 bits per heavy atom. The van der Waals surface area contributed by atoms with Gasteiger partial charge in [0.2, 0.25) is 0 Å². The molecule has 1 atom stereocenters. The highest BCUT2D eigenvalue weighted by Crippen LogP contribution is 2.44. The van der Waals surface area contributed by atoms with Crippen LogP contribution in [0.25, 0.3) is 21.3 Å². The maximum Gasteiger partial charge on any atom is 0.406 e. The summed E-state index contributed by atoms with van der Waals surface area (Å²) in [5.41, 5.74) is 3.36. The molecule has 9 nitrogen and oxygen atoms in total. The van der Waals surface area contributed by atoms with E-state index in [1.54, 1.807) is 12.3 Å². The fourth-order valence-electron chi connectivity index (χ4n) is 5.66. The molecule has 0 aliphatic carbocycles. The minimum atomic E-state index is -4.58. The van der Waals surface area contributed by atoms with Gasteiger partial charge in [-0.3, -0.25) is 23.7 Å². The van der Waals surface area contributed by atoms with Gasteiger partial charge < -0.3 is 15.3 Å². The van der Waals surface area contributed by atoms with Crippen molar-refractivity contribution in [2.45, 2.75) is 44.6 Å². The first kappa shape index (κ1) is 29.8. The average molecular weight is 622 g/mol. The van der Waals surface area contributed by atoms with Crippen molar-refractivity contribution in [3.8, 4) is 11.1 Å². The number of anilines is 1. The van der Waals surface area contributed by atoms with Crippen LogP contribution in [0.15, 0.2) is 52.3 Å². The number of fused-ring (bicyclic) bond motifs is 2. The molecule has 0 radical (unpaired) electrons. The van der Waals surface area contributed by atoms with E-state index in [-0.39, 0.29) is 13.0 Å². The van der Waals surface area contributed by atoms with Gasteiger partial charge in [-0.1, -0.05) is 11.6 Å². The third kappa shape index (κ3) is 6.22. The number of rotatable bonds is 5. The Bertz CT molecular complexity index is 1730. The molecule has 42 heavy (non-hydrogen) atoms. The number of nitrogens with one attached hydrogen (secondary N) is 1. The van der Waals surface area contributed by atoms with Crippen LogP contribution in [0.3, 0.4) is 0 Å². The van der Waals surface area contributed by atoms with Crippen molar-refractivity contribution in [1.29, 1.82) is 0 Å². The van der Waals surface area contributed by atoms with Gasteiger partial charge in [-0.05, 0) is 55.6 Å². The summed E-state index contributed by atoms with van der Waals surface area (Å²) in [5, 5.41) is 11.0. The topological polar surface area (TPSA) is 109 Å². The highest BCUT2D eigenvalue weighted by Gasteiger charge is 2.31. The van der Waals surface area contributed by atoms with Gasteiger partial charge >= 0.3 is 11.9 Å². The van der Waals surface area contributed by atoms with Crippen LogP contribution in [-0.2, 0) is 24.3 Å². The molecule has 2 aliphatic rings. The second-order valence-electron chi connectivity index (χ2n) is 10.1. The lowest BCUT2D eigenvalue weighted by atomic mass is 9.92. The van der Waals surface area contributed by atoms with E-state index in [1.807, 2.05) is 18.2 Å². The summed E-state index contributed by atoms with van der Waals surface area (Å²) in [6.07, 6.45) is 1.07. The van der Waals surface area contributed by atoms with Crippen molar-refractivity contribution in [1.82, 2.24) is 19.4 Å². The van der Waals surface area contributed by atoms with Gasteiger partial charge in [0.05, 0.1) is 16.8 Å². The molecular formula is C28H27ClF3N5O4S. The Morgan fingerprint density at radius 3 is 2.69 bits per heavy atom. The van der Waals surface area contributed by atoms with Gasteiger partial charge in [0.1, 0.15) is 6.54 Å². The Balaban J connectivity index is 0.00000113. The minimum absolute atomic E-state index is 0.148. The summed E-state index contributed by atoms with van der Waals surface area (Å²) in [6, 6.07) is 9.12. The molecule has 0 amide bonds. The molecule has 1 aromatic carbocycles. The lowest BCUT2D eigenvalue weighted by Crippen LogP contribution is -2.41. The predicted octanol–water partition coefficient (Wildman–Crippen LogP) is 4.37. The highest BCUT2D eigenvalue weighted by molar-refractivity contribution is 7.19. The number of halogens is 4. The van der Waals surface area contributed by atoms with Gasteiger partial charge in [0, 0.05) is 64.3 Å². The summed E-state index contributed by atoms with van der Waals surface area (Å²) in [7, 11) is 0. The number of alkyl halides is 3. The number of aryl methyl sites for hydroxylation is 1. The Kier molecular flexibility index (Phi) is 8.71. The van der Waals surface area contributed by atoms with Crippen LogP contribution in [0.2, 0.25) is 5.02 Å². The number of benzene rings is 1. The van der Waals surface area contributed by atoms with Crippen molar-refractivity contribution in [2.75, 3.05) is 24.5 Å². The molecule has 1 fully saturated rings. The minimum Gasteiger partial charge on any atom is -0.483 e. The van der Waals surface area contributed by atoms with Gasteiger partial charge in [-0.25, -0.2) is 4.79 Å². The standard InChI is InChI=1S/C27H25ClF3N5O2S.CH2O2/c28-17-10-16-2-1-8-35(18-3-6-32-13-18)24(16)21(11-17)20-4-7-33-22-12-19(39-25(20)22)14-36-23(37)5-9-34(26(36)38)15-27(29,30)31;2-1-3/h4-5,7,9-12,18,32H,1-3,6,8,13-15H2;1H,(H,2,3)/t18-;/m1./s1. The molecular weight excluding hydrogens is 595 g/mol. The van der Waals surface area contributed by atoms with Crippen LogP contribution in [0.5, 0.6) is 0 Å². The molecule has 1 saturated heterocycles. The van der Waals surface area contributed by atoms with Crippen LogP contribution in [-0.4, -0.2) is 57.5 Å². The Labute approximate surface area is 246 Å². The maximum absolute atomic E-state index is 12.9. The van der Waals surface area contributed by atoms with Gasteiger partial charge in [-0.15, -0.1) is 11.3 Å². The zero-order valence-corrected chi connectivity index (χ0v) is 23.8. The van der Waals surface area contributed by atoms with Crippen molar-refractivity contribution < 1.29 is 23.1 Å². The van der Waals surface area contributed by atoms with E-state index >= 15 is 0 Å². The molecule has 0 spiro atoms. The van der Waals surface area contributed by atoms with Gasteiger partial charge in [0.15, 0.2) is 0 Å². The summed E-state index contributed by atoms with van der Waals surface area (Å²) >= 11 is 7.97. The summed E-state index contributed by atoms with van der Waals surface area (Å²) < 4.78 is 41.0. The molecule has 3 aromatic heterocycles. The third-order valence-electron chi connectivity index (χ3n) is 7.32. The smallest absolute Gasteiger partial charge is 0.406 e. The Hall–Kier alpha value is -3.68. The van der Waals surface area contributed by atoms with Crippen LogP contribution in [0.4, 0.5) is 18.9 Å². The fraction of sp³-hybridized carbons (Fsp3) is 0.357. The first-order valence-corrected chi connectivity index (χ1v) is 14.4. The molecule has 2 aliphatic heterocycles. The molecule has 5 heterocycles. The second kappa shape index (κ2) is 12.3. The number of aromatic nitrogens is 3. The maximum atomic E-state index is 12.9. The van der Waals surface area contributed by atoms with E-state index in [1.165, 1.54) is 22.6 Å². The lowest BCUT2D eigenvalue weighted by molar-refractivity contribution is -0.141. The zero-order valence-electron chi connectivity index (χ0n) is 22.2. The largest absolute Gasteiger partial charge is 0.483 e. The third-order valence-corrected chi connectivity index (χ3v) is 8.68. The van der Waals surface area contributed by atoms with Gasteiger partial charge in [-0.2, -0.15) is 13.2 Å². The van der Waals surface area contributed by atoms with E-state index in [2.05, 4.69) is 15.2 Å².